The van der Waals surface area contributed by atoms with Crippen molar-refractivity contribution in [2.45, 2.75) is 38.5 Å². The Balaban J connectivity index is 1.14. The van der Waals surface area contributed by atoms with E-state index < -0.39 is 0 Å². The first-order valence-electron chi connectivity index (χ1n) is 19.0. The van der Waals surface area contributed by atoms with Gasteiger partial charge in [0.25, 0.3) is 0 Å². The maximum atomic E-state index is 5.30. The van der Waals surface area contributed by atoms with Gasteiger partial charge in [-0.2, -0.15) is 0 Å². The molecule has 10 rings (SSSR count). The van der Waals surface area contributed by atoms with Crippen molar-refractivity contribution in [3.8, 4) is 56.4 Å². The van der Waals surface area contributed by atoms with Gasteiger partial charge >= 0.3 is 0 Å². The number of fused-ring (bicyclic) bond motifs is 6. The van der Waals surface area contributed by atoms with E-state index in [9.17, 15) is 0 Å². The van der Waals surface area contributed by atoms with Crippen molar-refractivity contribution in [1.29, 1.82) is 0 Å². The van der Waals surface area contributed by atoms with Gasteiger partial charge in [0.1, 0.15) is 0 Å². The summed E-state index contributed by atoms with van der Waals surface area (Å²) in [5.41, 5.74) is 16.2. The lowest BCUT2D eigenvalue weighted by molar-refractivity contribution is 0.660. The van der Waals surface area contributed by atoms with E-state index >= 15 is 0 Å². The molecule has 0 unspecified atom stereocenters. The van der Waals surface area contributed by atoms with E-state index in [1.165, 1.54) is 44.5 Å². The minimum Gasteiger partial charge on any atom is -0.310 e. The maximum Gasteiger partial charge on any atom is 0.164 e. The first-order chi connectivity index (χ1) is 26.8. The van der Waals surface area contributed by atoms with E-state index in [4.69, 9.17) is 15.0 Å². The molecule has 0 saturated carbocycles. The zero-order valence-electron chi connectivity index (χ0n) is 31.5. The number of benzene rings is 7. The van der Waals surface area contributed by atoms with Crippen molar-refractivity contribution in [3.63, 3.8) is 0 Å². The lowest BCUT2D eigenvalue weighted by Crippen LogP contribution is -2.17. The Morgan fingerprint density at radius 2 is 0.836 bits per heavy atom. The minimum atomic E-state index is -0.218. The molecule has 4 nitrogen and oxygen atoms in total. The second kappa shape index (κ2) is 12.5. The van der Waals surface area contributed by atoms with Crippen LogP contribution in [-0.4, -0.2) is 15.0 Å². The number of nitrogens with zero attached hydrogens (tertiary/aromatic N) is 4. The fraction of sp³-hybridized carbons (Fsp3) is 0.118. The summed E-state index contributed by atoms with van der Waals surface area (Å²) >= 11 is 0. The van der Waals surface area contributed by atoms with Crippen molar-refractivity contribution in [2.24, 2.45) is 0 Å². The highest BCUT2D eigenvalue weighted by Gasteiger charge is 2.38. The highest BCUT2D eigenvalue weighted by Crippen LogP contribution is 2.53. The normalized spacial score (nSPS) is 14.1. The van der Waals surface area contributed by atoms with Gasteiger partial charge in [-0.15, -0.1) is 0 Å². The molecule has 0 bridgehead atoms. The summed E-state index contributed by atoms with van der Waals surface area (Å²) in [4.78, 5) is 18.0. The predicted octanol–water partition coefficient (Wildman–Crippen LogP) is 13.0. The van der Waals surface area contributed by atoms with Gasteiger partial charge in [0.05, 0.1) is 0 Å². The number of anilines is 3. The number of para-hydroxylation sites is 1. The SMILES string of the molecule is CC1(C)c2ccccc2-c2ccc(N(c3ccccc3)c3cccc(-c4nc(-c5ccccc5)nc(-c5cccc6c5C(C)(C)c5ccccc5-6)n4)c3)cc21. The Morgan fingerprint density at radius 3 is 1.58 bits per heavy atom. The average Bonchev–Trinajstić information content (AvgIpc) is 3.61. The van der Waals surface area contributed by atoms with Crippen LogP contribution in [0, 0.1) is 0 Å². The standard InChI is InChI=1S/C51H40N4/c1-50(2)43-27-13-11-23-38(43)40-30-29-37(32-45(40)50)55(35-20-9-6-10-21-35)36-22-15-19-34(31-36)48-52-47(33-17-7-5-8-18-33)53-49(54-48)42-26-16-25-41-39-24-12-14-28-44(39)51(3,4)46(41)42/h5-32H,1-4H3. The second-order valence-corrected chi connectivity index (χ2v) is 15.7. The molecule has 0 saturated heterocycles. The predicted molar refractivity (Wildman–Crippen MR) is 226 cm³/mol. The largest absolute Gasteiger partial charge is 0.310 e. The van der Waals surface area contributed by atoms with Crippen molar-refractivity contribution < 1.29 is 0 Å². The van der Waals surface area contributed by atoms with Crippen LogP contribution in [0.1, 0.15) is 49.9 Å². The quantitative estimate of drug-likeness (QED) is 0.172. The van der Waals surface area contributed by atoms with Gasteiger partial charge in [-0.25, -0.2) is 15.0 Å². The van der Waals surface area contributed by atoms with Crippen LogP contribution in [0.2, 0.25) is 0 Å². The topological polar surface area (TPSA) is 41.9 Å². The summed E-state index contributed by atoms with van der Waals surface area (Å²) in [6.45, 7) is 9.28. The molecule has 0 amide bonds. The Bertz CT molecular complexity index is 2770. The molecule has 0 spiro atoms. The molecule has 1 aromatic heterocycles. The molecule has 55 heavy (non-hydrogen) atoms. The molecule has 264 valence electrons. The first kappa shape index (κ1) is 33.0. The zero-order valence-corrected chi connectivity index (χ0v) is 31.5. The molecular weight excluding hydrogens is 669 g/mol. The van der Waals surface area contributed by atoms with E-state index in [0.29, 0.717) is 17.5 Å². The fourth-order valence-corrected chi connectivity index (χ4v) is 9.02. The van der Waals surface area contributed by atoms with E-state index in [0.717, 1.165) is 33.8 Å². The summed E-state index contributed by atoms with van der Waals surface area (Å²) in [6, 6.07) is 60.4. The van der Waals surface area contributed by atoms with Crippen LogP contribution < -0.4 is 4.90 Å². The van der Waals surface area contributed by atoms with Crippen LogP contribution >= 0.6 is 0 Å². The third-order valence-electron chi connectivity index (χ3n) is 11.7. The maximum absolute atomic E-state index is 5.30. The molecular formula is C51H40N4. The second-order valence-electron chi connectivity index (χ2n) is 15.7. The van der Waals surface area contributed by atoms with E-state index in [2.05, 4.69) is 184 Å². The number of hydrogen-bond acceptors (Lipinski definition) is 4. The Hall–Kier alpha value is -6.65. The third-order valence-corrected chi connectivity index (χ3v) is 11.7. The molecule has 7 aromatic carbocycles. The summed E-state index contributed by atoms with van der Waals surface area (Å²) < 4.78 is 0. The molecule has 8 aromatic rings. The number of aromatic nitrogens is 3. The van der Waals surface area contributed by atoms with Crippen LogP contribution in [0.25, 0.3) is 56.4 Å². The van der Waals surface area contributed by atoms with Gasteiger partial charge in [0.15, 0.2) is 17.5 Å². The van der Waals surface area contributed by atoms with Gasteiger partial charge < -0.3 is 4.90 Å². The molecule has 4 heteroatoms. The van der Waals surface area contributed by atoms with Crippen LogP contribution in [0.3, 0.4) is 0 Å². The van der Waals surface area contributed by atoms with Crippen molar-refractivity contribution >= 4 is 17.1 Å². The highest BCUT2D eigenvalue weighted by molar-refractivity contribution is 5.88. The molecule has 0 radical (unpaired) electrons. The van der Waals surface area contributed by atoms with Gasteiger partial charge in [-0.05, 0) is 80.9 Å². The van der Waals surface area contributed by atoms with E-state index in [-0.39, 0.29) is 10.8 Å². The van der Waals surface area contributed by atoms with Crippen LogP contribution in [-0.2, 0) is 10.8 Å². The van der Waals surface area contributed by atoms with Gasteiger partial charge in [-0.3, -0.25) is 0 Å². The molecule has 0 atom stereocenters. The minimum absolute atomic E-state index is 0.116. The summed E-state index contributed by atoms with van der Waals surface area (Å²) in [6.07, 6.45) is 0. The lowest BCUT2D eigenvalue weighted by Gasteiger charge is -2.28. The van der Waals surface area contributed by atoms with Crippen LogP contribution in [0.4, 0.5) is 17.1 Å². The van der Waals surface area contributed by atoms with E-state index in [1.807, 2.05) is 18.2 Å². The molecule has 0 aliphatic heterocycles. The third kappa shape index (κ3) is 5.24. The van der Waals surface area contributed by atoms with Crippen molar-refractivity contribution in [3.05, 3.63) is 192 Å². The van der Waals surface area contributed by atoms with Crippen molar-refractivity contribution in [2.75, 3.05) is 4.90 Å². The molecule has 0 N–H and O–H groups in total. The molecule has 2 aliphatic rings. The van der Waals surface area contributed by atoms with Crippen molar-refractivity contribution in [1.82, 2.24) is 15.0 Å². The average molecular weight is 709 g/mol. The molecule has 2 aliphatic carbocycles. The van der Waals surface area contributed by atoms with Gasteiger partial charge in [-0.1, -0.05) is 161 Å². The fourth-order valence-electron chi connectivity index (χ4n) is 9.02. The molecule has 0 fully saturated rings. The summed E-state index contributed by atoms with van der Waals surface area (Å²) in [5, 5.41) is 0. The first-order valence-corrected chi connectivity index (χ1v) is 19.0. The van der Waals surface area contributed by atoms with Gasteiger partial charge in [0, 0.05) is 44.6 Å². The monoisotopic (exact) mass is 708 g/mol. The number of hydrogen-bond donors (Lipinski definition) is 0. The Kier molecular flexibility index (Phi) is 7.47. The van der Waals surface area contributed by atoms with E-state index in [1.54, 1.807) is 0 Å². The smallest absolute Gasteiger partial charge is 0.164 e. The Morgan fingerprint density at radius 1 is 0.345 bits per heavy atom. The van der Waals surface area contributed by atoms with Gasteiger partial charge in [0.2, 0.25) is 0 Å². The van der Waals surface area contributed by atoms with Crippen LogP contribution in [0.5, 0.6) is 0 Å². The summed E-state index contributed by atoms with van der Waals surface area (Å²) in [5.74, 6) is 1.96. The molecule has 1 heterocycles. The highest BCUT2D eigenvalue weighted by atomic mass is 15.1. The number of rotatable bonds is 6. The zero-order chi connectivity index (χ0) is 37.3. The Labute approximate surface area is 322 Å². The summed E-state index contributed by atoms with van der Waals surface area (Å²) in [7, 11) is 0. The lowest BCUT2D eigenvalue weighted by atomic mass is 9.80. The van der Waals surface area contributed by atoms with Crippen LogP contribution in [0.15, 0.2) is 170 Å².